The molecule has 2 aromatic carbocycles. The number of rotatable bonds is 4. The number of nitrogens with one attached hydrogen (secondary N) is 1. The highest BCUT2D eigenvalue weighted by Crippen LogP contribution is 2.14. The van der Waals surface area contributed by atoms with Gasteiger partial charge >= 0.3 is 0 Å². The maximum absolute atomic E-state index is 13.7. The molecule has 0 aliphatic rings. The van der Waals surface area contributed by atoms with Gasteiger partial charge in [0.15, 0.2) is 0 Å². The second-order valence-electron chi connectivity index (χ2n) is 4.66. The van der Waals surface area contributed by atoms with Gasteiger partial charge < -0.3 is 11.1 Å². The predicted octanol–water partition coefficient (Wildman–Crippen LogP) is 2.56. The smallest absolute Gasteiger partial charge is 0.254 e. The van der Waals surface area contributed by atoms with Gasteiger partial charge in [-0.25, -0.2) is 4.39 Å². The van der Waals surface area contributed by atoms with Crippen LogP contribution in [0, 0.1) is 12.7 Å². The molecule has 0 aromatic heterocycles. The first-order valence-corrected chi connectivity index (χ1v) is 6.44. The molecule has 104 valence electrons. The summed E-state index contributed by atoms with van der Waals surface area (Å²) < 4.78 is 13.7. The summed E-state index contributed by atoms with van der Waals surface area (Å²) in [4.78, 5) is 12.2. The van der Waals surface area contributed by atoms with Crippen molar-refractivity contribution in [1.82, 2.24) is 5.32 Å². The van der Waals surface area contributed by atoms with Gasteiger partial charge in [0.2, 0.25) is 0 Å². The Bertz CT molecular complexity index is 599. The van der Waals surface area contributed by atoms with Crippen molar-refractivity contribution in [3.63, 3.8) is 0 Å². The van der Waals surface area contributed by atoms with Gasteiger partial charge in [0.05, 0.1) is 11.6 Å². The maximum Gasteiger partial charge on any atom is 0.254 e. The summed E-state index contributed by atoms with van der Waals surface area (Å²) in [7, 11) is 0. The van der Waals surface area contributed by atoms with E-state index in [1.54, 1.807) is 6.07 Å². The van der Waals surface area contributed by atoms with E-state index in [4.69, 9.17) is 5.73 Å². The fraction of sp³-hybridized carbons (Fsp3) is 0.188. The largest absolute Gasteiger partial charge is 0.344 e. The molecule has 0 saturated carbocycles. The second-order valence-corrected chi connectivity index (χ2v) is 4.66. The van der Waals surface area contributed by atoms with Crippen LogP contribution in [0.4, 0.5) is 4.39 Å². The van der Waals surface area contributed by atoms with Crippen LogP contribution >= 0.6 is 0 Å². The van der Waals surface area contributed by atoms with Crippen LogP contribution in [-0.4, -0.2) is 12.5 Å². The highest BCUT2D eigenvalue weighted by molar-refractivity contribution is 5.94. The summed E-state index contributed by atoms with van der Waals surface area (Å²) >= 11 is 0. The van der Waals surface area contributed by atoms with Gasteiger partial charge in [-0.1, -0.05) is 42.0 Å². The van der Waals surface area contributed by atoms with Gasteiger partial charge in [-0.15, -0.1) is 0 Å². The first-order valence-electron chi connectivity index (χ1n) is 6.44. The highest BCUT2D eigenvalue weighted by atomic mass is 19.1. The van der Waals surface area contributed by atoms with Gasteiger partial charge in [-0.2, -0.15) is 0 Å². The van der Waals surface area contributed by atoms with Crippen molar-refractivity contribution in [1.29, 1.82) is 0 Å². The van der Waals surface area contributed by atoms with E-state index in [1.807, 2.05) is 37.3 Å². The number of halogens is 1. The minimum Gasteiger partial charge on any atom is -0.344 e. The molecule has 20 heavy (non-hydrogen) atoms. The fourth-order valence-electron chi connectivity index (χ4n) is 2.01. The Balaban J connectivity index is 2.20. The third-order valence-electron chi connectivity index (χ3n) is 3.11. The number of benzene rings is 2. The van der Waals surface area contributed by atoms with E-state index < -0.39 is 11.7 Å². The molecule has 0 spiro atoms. The standard InChI is InChI=1S/C16H17FN2O/c1-11-7-8-14(17)13(9-11)16(20)19-15(10-18)12-5-3-2-4-6-12/h2-9,15H,10,18H2,1H3,(H,19,20). The topological polar surface area (TPSA) is 55.1 Å². The van der Waals surface area contributed by atoms with Crippen molar-refractivity contribution >= 4 is 5.91 Å². The molecule has 2 aromatic rings. The zero-order valence-corrected chi connectivity index (χ0v) is 11.3. The van der Waals surface area contributed by atoms with Gasteiger partial charge in [0, 0.05) is 6.54 Å². The number of amides is 1. The molecule has 0 aliphatic heterocycles. The van der Waals surface area contributed by atoms with E-state index in [1.165, 1.54) is 12.1 Å². The number of hydrogen-bond donors (Lipinski definition) is 2. The maximum atomic E-state index is 13.7. The molecular formula is C16H17FN2O. The van der Waals surface area contributed by atoms with Crippen molar-refractivity contribution < 1.29 is 9.18 Å². The zero-order chi connectivity index (χ0) is 14.5. The number of carbonyl (C=O) groups excluding carboxylic acids is 1. The molecule has 1 amide bonds. The quantitative estimate of drug-likeness (QED) is 0.898. The number of carbonyl (C=O) groups is 1. The molecule has 0 radical (unpaired) electrons. The number of hydrogen-bond acceptors (Lipinski definition) is 2. The molecule has 1 atom stereocenters. The van der Waals surface area contributed by atoms with Gasteiger partial charge in [-0.05, 0) is 24.6 Å². The van der Waals surface area contributed by atoms with Crippen molar-refractivity contribution in [3.8, 4) is 0 Å². The van der Waals surface area contributed by atoms with Gasteiger partial charge in [-0.3, -0.25) is 4.79 Å². The van der Waals surface area contributed by atoms with Crippen LogP contribution in [0.1, 0.15) is 27.5 Å². The molecule has 2 rings (SSSR count). The van der Waals surface area contributed by atoms with Crippen molar-refractivity contribution in [2.24, 2.45) is 5.73 Å². The fourth-order valence-corrected chi connectivity index (χ4v) is 2.01. The van der Waals surface area contributed by atoms with Crippen LogP contribution in [-0.2, 0) is 0 Å². The van der Waals surface area contributed by atoms with Gasteiger partial charge in [0.1, 0.15) is 5.82 Å². The van der Waals surface area contributed by atoms with E-state index >= 15 is 0 Å². The lowest BCUT2D eigenvalue weighted by atomic mass is 10.1. The second kappa shape index (κ2) is 6.30. The van der Waals surface area contributed by atoms with Crippen LogP contribution in [0.25, 0.3) is 0 Å². The van der Waals surface area contributed by atoms with Crippen LogP contribution in [0.15, 0.2) is 48.5 Å². The zero-order valence-electron chi connectivity index (χ0n) is 11.3. The molecule has 1 unspecified atom stereocenters. The SMILES string of the molecule is Cc1ccc(F)c(C(=O)NC(CN)c2ccccc2)c1. The van der Waals surface area contributed by atoms with Crippen molar-refractivity contribution in [2.75, 3.05) is 6.54 Å². The Hall–Kier alpha value is -2.20. The predicted molar refractivity (Wildman–Crippen MR) is 76.8 cm³/mol. The van der Waals surface area contributed by atoms with Crippen LogP contribution < -0.4 is 11.1 Å². The van der Waals surface area contributed by atoms with Crippen LogP contribution in [0.3, 0.4) is 0 Å². The van der Waals surface area contributed by atoms with Crippen LogP contribution in [0.2, 0.25) is 0 Å². The Morgan fingerprint density at radius 3 is 2.60 bits per heavy atom. The highest BCUT2D eigenvalue weighted by Gasteiger charge is 2.17. The van der Waals surface area contributed by atoms with E-state index in [9.17, 15) is 9.18 Å². The lowest BCUT2D eigenvalue weighted by Crippen LogP contribution is -2.33. The third kappa shape index (κ3) is 3.22. The lowest BCUT2D eigenvalue weighted by Gasteiger charge is -2.17. The van der Waals surface area contributed by atoms with Crippen LogP contribution in [0.5, 0.6) is 0 Å². The Labute approximate surface area is 117 Å². The monoisotopic (exact) mass is 272 g/mol. The summed E-state index contributed by atoms with van der Waals surface area (Å²) in [6, 6.07) is 13.5. The molecule has 3 N–H and O–H groups in total. The van der Waals surface area contributed by atoms with Crippen molar-refractivity contribution in [2.45, 2.75) is 13.0 Å². The van der Waals surface area contributed by atoms with Crippen molar-refractivity contribution in [3.05, 3.63) is 71.0 Å². The Morgan fingerprint density at radius 2 is 1.95 bits per heavy atom. The number of nitrogens with two attached hydrogens (primary N) is 1. The molecular weight excluding hydrogens is 255 g/mol. The summed E-state index contributed by atoms with van der Waals surface area (Å²) in [5, 5.41) is 2.76. The molecule has 0 saturated heterocycles. The van der Waals surface area contributed by atoms with E-state index in [-0.39, 0.29) is 18.2 Å². The first-order chi connectivity index (χ1) is 9.61. The van der Waals surface area contributed by atoms with E-state index in [0.717, 1.165) is 11.1 Å². The Morgan fingerprint density at radius 1 is 1.25 bits per heavy atom. The van der Waals surface area contributed by atoms with Gasteiger partial charge in [0.25, 0.3) is 5.91 Å². The summed E-state index contributed by atoms with van der Waals surface area (Å²) in [6.07, 6.45) is 0. The molecule has 0 heterocycles. The minimum atomic E-state index is -0.531. The molecule has 0 bridgehead atoms. The van der Waals surface area contributed by atoms with E-state index in [2.05, 4.69) is 5.32 Å². The normalized spacial score (nSPS) is 11.9. The third-order valence-corrected chi connectivity index (χ3v) is 3.11. The minimum absolute atomic E-state index is 0.0411. The average molecular weight is 272 g/mol. The average Bonchev–Trinajstić information content (AvgIpc) is 2.48. The molecule has 0 aliphatic carbocycles. The molecule has 0 fully saturated rings. The Kier molecular flexibility index (Phi) is 4.48. The lowest BCUT2D eigenvalue weighted by molar-refractivity contribution is 0.0933. The summed E-state index contributed by atoms with van der Waals surface area (Å²) in [5.74, 6) is -0.984. The molecule has 3 nitrogen and oxygen atoms in total. The molecule has 4 heteroatoms. The number of aryl methyl sites for hydroxylation is 1. The summed E-state index contributed by atoms with van der Waals surface area (Å²) in [6.45, 7) is 2.07. The summed E-state index contributed by atoms with van der Waals surface area (Å²) in [5.41, 5.74) is 7.47. The first kappa shape index (κ1) is 14.2. The van der Waals surface area contributed by atoms with E-state index in [0.29, 0.717) is 0 Å².